The van der Waals surface area contributed by atoms with Gasteiger partial charge in [0.1, 0.15) is 0 Å². The van der Waals surface area contributed by atoms with Crippen LogP contribution >= 0.6 is 0 Å². The molecule has 1 rings (SSSR count). The summed E-state index contributed by atoms with van der Waals surface area (Å²) in [6.07, 6.45) is -6.41. The predicted molar refractivity (Wildman–Crippen MR) is 80.9 cm³/mol. The normalized spacial score (nSPS) is 17.3. The minimum Gasteiger partial charge on any atom is -0.449 e. The van der Waals surface area contributed by atoms with Gasteiger partial charge < -0.3 is 9.84 Å². The standard InChI is InChI=1S/C17H19F5O3/c1-5-14(4,25-13(23)11(2)3)16(18,19)15(24,17(20,21)22)12-9-7-6-8-10-12/h6-10,24H,2,5H2,1,3-4H3. The topological polar surface area (TPSA) is 46.5 Å². The fraction of sp³-hybridized carbons (Fsp3) is 0.471. The molecule has 0 spiro atoms. The molecule has 0 amide bonds. The van der Waals surface area contributed by atoms with Crippen LogP contribution in [0.15, 0.2) is 42.5 Å². The summed E-state index contributed by atoms with van der Waals surface area (Å²) < 4.78 is 75.4. The van der Waals surface area contributed by atoms with Crippen molar-refractivity contribution >= 4 is 5.97 Å². The number of esters is 1. The second kappa shape index (κ2) is 6.74. The van der Waals surface area contributed by atoms with Crippen LogP contribution < -0.4 is 0 Å². The van der Waals surface area contributed by atoms with E-state index in [1.165, 1.54) is 13.0 Å². The van der Waals surface area contributed by atoms with Crippen molar-refractivity contribution in [1.29, 1.82) is 0 Å². The first kappa shape index (κ1) is 21.1. The highest BCUT2D eigenvalue weighted by molar-refractivity contribution is 5.87. The van der Waals surface area contributed by atoms with E-state index in [4.69, 9.17) is 0 Å². The van der Waals surface area contributed by atoms with Crippen LogP contribution in [-0.4, -0.2) is 28.8 Å². The maximum absolute atomic E-state index is 15.1. The molecule has 0 heterocycles. The van der Waals surface area contributed by atoms with Crippen LogP contribution in [0.2, 0.25) is 0 Å². The van der Waals surface area contributed by atoms with Gasteiger partial charge >= 0.3 is 18.1 Å². The minimum atomic E-state index is -5.73. The van der Waals surface area contributed by atoms with Gasteiger partial charge in [-0.3, -0.25) is 0 Å². The molecule has 0 saturated carbocycles. The Morgan fingerprint density at radius 1 is 1.16 bits per heavy atom. The quantitative estimate of drug-likeness (QED) is 0.462. The number of alkyl halides is 5. The molecule has 3 nitrogen and oxygen atoms in total. The SMILES string of the molecule is C=C(C)C(=O)OC(C)(CC)C(F)(F)C(O)(c1ccccc1)C(F)(F)F. The van der Waals surface area contributed by atoms with Gasteiger partial charge in [0.05, 0.1) is 0 Å². The summed E-state index contributed by atoms with van der Waals surface area (Å²) in [5.74, 6) is -6.17. The largest absolute Gasteiger partial charge is 0.449 e. The number of halogens is 5. The van der Waals surface area contributed by atoms with Crippen molar-refractivity contribution in [2.75, 3.05) is 0 Å². The average Bonchev–Trinajstić information content (AvgIpc) is 2.53. The fourth-order valence-corrected chi connectivity index (χ4v) is 2.23. The first-order valence-electron chi connectivity index (χ1n) is 7.36. The van der Waals surface area contributed by atoms with E-state index in [-0.39, 0.29) is 5.57 Å². The number of ether oxygens (including phenoxy) is 1. The summed E-state index contributed by atoms with van der Waals surface area (Å²) in [5.41, 5.74) is -8.80. The van der Waals surface area contributed by atoms with Gasteiger partial charge in [0.2, 0.25) is 0 Å². The molecular weight excluding hydrogens is 347 g/mol. The number of hydrogen-bond donors (Lipinski definition) is 1. The van der Waals surface area contributed by atoms with E-state index in [1.54, 1.807) is 0 Å². The van der Waals surface area contributed by atoms with Crippen molar-refractivity contribution in [3.63, 3.8) is 0 Å². The van der Waals surface area contributed by atoms with Gasteiger partial charge in [-0.2, -0.15) is 22.0 Å². The van der Waals surface area contributed by atoms with Crippen LogP contribution in [0.3, 0.4) is 0 Å². The molecule has 0 saturated heterocycles. The second-order valence-electron chi connectivity index (χ2n) is 5.90. The van der Waals surface area contributed by atoms with Crippen LogP contribution in [0.5, 0.6) is 0 Å². The Hall–Kier alpha value is -1.96. The van der Waals surface area contributed by atoms with E-state index in [9.17, 15) is 23.1 Å². The van der Waals surface area contributed by atoms with Crippen molar-refractivity contribution in [3.8, 4) is 0 Å². The summed E-state index contributed by atoms with van der Waals surface area (Å²) in [5, 5.41) is 10.2. The molecule has 1 N–H and O–H groups in total. The molecule has 0 radical (unpaired) electrons. The van der Waals surface area contributed by atoms with Crippen LogP contribution in [0, 0.1) is 0 Å². The molecule has 0 aromatic heterocycles. The molecule has 1 aromatic rings. The van der Waals surface area contributed by atoms with Gasteiger partial charge in [0, 0.05) is 5.57 Å². The highest BCUT2D eigenvalue weighted by Gasteiger charge is 2.76. The summed E-state index contributed by atoms with van der Waals surface area (Å²) in [6.45, 7) is 6.16. The van der Waals surface area contributed by atoms with Gasteiger partial charge in [-0.05, 0) is 25.8 Å². The van der Waals surface area contributed by atoms with Crippen LogP contribution in [0.4, 0.5) is 22.0 Å². The molecule has 25 heavy (non-hydrogen) atoms. The Labute approximate surface area is 142 Å². The Balaban J connectivity index is 3.60. The lowest BCUT2D eigenvalue weighted by atomic mass is 9.76. The molecule has 0 bridgehead atoms. The molecule has 1 aromatic carbocycles. The van der Waals surface area contributed by atoms with E-state index in [0.29, 0.717) is 6.92 Å². The number of rotatable bonds is 6. The minimum absolute atomic E-state index is 0.259. The third-order valence-electron chi connectivity index (χ3n) is 4.06. The molecule has 2 unspecified atom stereocenters. The molecular formula is C17H19F5O3. The number of benzene rings is 1. The third-order valence-corrected chi connectivity index (χ3v) is 4.06. The van der Waals surface area contributed by atoms with Gasteiger partial charge in [-0.25, -0.2) is 4.79 Å². The molecule has 8 heteroatoms. The summed E-state index contributed by atoms with van der Waals surface area (Å²) in [4.78, 5) is 11.7. The fourth-order valence-electron chi connectivity index (χ4n) is 2.23. The Bertz CT molecular complexity index is 641. The predicted octanol–water partition coefficient (Wildman–Crippen LogP) is 4.36. The van der Waals surface area contributed by atoms with E-state index < -0.39 is 41.3 Å². The second-order valence-corrected chi connectivity index (χ2v) is 5.90. The number of carbonyl (C=O) groups is 1. The lowest BCUT2D eigenvalue weighted by Gasteiger charge is -2.45. The van der Waals surface area contributed by atoms with E-state index in [1.807, 2.05) is 0 Å². The smallest absolute Gasteiger partial charge is 0.427 e. The van der Waals surface area contributed by atoms with Crippen LogP contribution in [0.25, 0.3) is 0 Å². The molecule has 0 fully saturated rings. The maximum atomic E-state index is 15.1. The molecule has 0 aliphatic rings. The Morgan fingerprint density at radius 2 is 1.64 bits per heavy atom. The zero-order valence-corrected chi connectivity index (χ0v) is 14.0. The lowest BCUT2D eigenvalue weighted by Crippen LogP contribution is -2.66. The molecule has 0 aliphatic carbocycles. The molecule has 0 aliphatic heterocycles. The molecule has 2 atom stereocenters. The van der Waals surface area contributed by atoms with Crippen molar-refractivity contribution in [2.24, 2.45) is 0 Å². The monoisotopic (exact) mass is 366 g/mol. The lowest BCUT2D eigenvalue weighted by molar-refractivity contribution is -0.373. The maximum Gasteiger partial charge on any atom is 0.427 e. The number of carbonyl (C=O) groups excluding carboxylic acids is 1. The van der Waals surface area contributed by atoms with Crippen molar-refractivity contribution < 1.29 is 36.6 Å². The Morgan fingerprint density at radius 3 is 2.00 bits per heavy atom. The average molecular weight is 366 g/mol. The highest BCUT2D eigenvalue weighted by Crippen LogP contribution is 2.55. The zero-order valence-electron chi connectivity index (χ0n) is 14.0. The van der Waals surface area contributed by atoms with Crippen molar-refractivity contribution in [1.82, 2.24) is 0 Å². The molecule has 140 valence electrons. The zero-order chi connectivity index (χ0) is 19.7. The van der Waals surface area contributed by atoms with Gasteiger partial charge in [0.25, 0.3) is 5.60 Å². The summed E-state index contributed by atoms with van der Waals surface area (Å²) in [7, 11) is 0. The van der Waals surface area contributed by atoms with Crippen molar-refractivity contribution in [2.45, 2.75) is 50.5 Å². The summed E-state index contributed by atoms with van der Waals surface area (Å²) >= 11 is 0. The van der Waals surface area contributed by atoms with E-state index in [2.05, 4.69) is 11.3 Å². The van der Waals surface area contributed by atoms with Crippen molar-refractivity contribution in [3.05, 3.63) is 48.0 Å². The number of aliphatic hydroxyl groups is 1. The third kappa shape index (κ3) is 3.40. The van der Waals surface area contributed by atoms with Gasteiger partial charge in [-0.15, -0.1) is 0 Å². The highest BCUT2D eigenvalue weighted by atomic mass is 19.4. The first-order valence-corrected chi connectivity index (χ1v) is 7.36. The summed E-state index contributed by atoms with van der Waals surface area (Å²) in [6, 6.07) is 4.96. The van der Waals surface area contributed by atoms with E-state index >= 15 is 8.78 Å². The van der Waals surface area contributed by atoms with E-state index in [0.717, 1.165) is 31.2 Å². The van der Waals surface area contributed by atoms with Gasteiger partial charge in [0.15, 0.2) is 5.60 Å². The Kier molecular flexibility index (Phi) is 5.69. The van der Waals surface area contributed by atoms with Crippen LogP contribution in [0.1, 0.15) is 32.8 Å². The van der Waals surface area contributed by atoms with Gasteiger partial charge in [-0.1, -0.05) is 43.8 Å². The first-order chi connectivity index (χ1) is 11.2. The van der Waals surface area contributed by atoms with Crippen LogP contribution in [-0.2, 0) is 15.1 Å². The number of hydrogen-bond acceptors (Lipinski definition) is 3.